The smallest absolute Gasteiger partial charge is 0.255 e. The lowest BCUT2D eigenvalue weighted by molar-refractivity contribution is 0.0950. The van der Waals surface area contributed by atoms with Gasteiger partial charge in [-0.2, -0.15) is 0 Å². The third kappa shape index (κ3) is 4.38. The summed E-state index contributed by atoms with van der Waals surface area (Å²) < 4.78 is 0. The van der Waals surface area contributed by atoms with Crippen molar-refractivity contribution >= 4 is 21.8 Å². The Kier molecular flexibility index (Phi) is 5.48. The molecule has 1 aromatic rings. The fraction of sp³-hybridized carbons (Fsp3) is 0.462. The Labute approximate surface area is 110 Å². The Morgan fingerprint density at radius 2 is 2.24 bits per heavy atom. The number of phenols is 1. The van der Waals surface area contributed by atoms with Gasteiger partial charge in [-0.15, -0.1) is 0 Å². The lowest BCUT2D eigenvalue weighted by Gasteiger charge is -2.09. The van der Waals surface area contributed by atoms with E-state index < -0.39 is 0 Å². The van der Waals surface area contributed by atoms with Gasteiger partial charge in [-0.3, -0.25) is 4.79 Å². The highest BCUT2D eigenvalue weighted by molar-refractivity contribution is 9.09. The van der Waals surface area contributed by atoms with E-state index in [4.69, 9.17) is 0 Å². The highest BCUT2D eigenvalue weighted by Crippen LogP contribution is 2.18. The second-order valence-electron chi connectivity index (χ2n) is 4.07. The van der Waals surface area contributed by atoms with E-state index in [0.717, 1.165) is 18.4 Å². The topological polar surface area (TPSA) is 49.3 Å². The molecule has 0 saturated heterocycles. The first-order valence-electron chi connectivity index (χ1n) is 5.76. The van der Waals surface area contributed by atoms with Gasteiger partial charge in [-0.1, -0.05) is 34.5 Å². The molecule has 0 spiro atoms. The molecule has 1 aromatic carbocycles. The van der Waals surface area contributed by atoms with Crippen LogP contribution in [0.3, 0.4) is 0 Å². The first-order valence-corrected chi connectivity index (χ1v) is 6.68. The van der Waals surface area contributed by atoms with Crippen molar-refractivity contribution in [2.75, 3.05) is 6.54 Å². The molecule has 0 radical (unpaired) electrons. The van der Waals surface area contributed by atoms with Gasteiger partial charge in [-0.25, -0.2) is 0 Å². The van der Waals surface area contributed by atoms with Crippen LogP contribution >= 0.6 is 15.9 Å². The standard InChI is InChI=1S/C13H18BrNO2/c1-3-10(14)6-7-15-13(17)11-8-9(2)4-5-12(11)16/h4-5,8,10,16H,3,6-7H2,1-2H3,(H,15,17). The first-order chi connectivity index (χ1) is 8.04. The zero-order chi connectivity index (χ0) is 12.8. The van der Waals surface area contributed by atoms with Crippen molar-refractivity contribution in [3.63, 3.8) is 0 Å². The molecular weight excluding hydrogens is 282 g/mol. The number of rotatable bonds is 5. The maximum Gasteiger partial charge on any atom is 0.255 e. The minimum Gasteiger partial charge on any atom is -0.507 e. The fourth-order valence-corrected chi connectivity index (χ4v) is 1.70. The lowest BCUT2D eigenvalue weighted by Crippen LogP contribution is -2.26. The number of carbonyl (C=O) groups excluding carboxylic acids is 1. The number of hydrogen-bond donors (Lipinski definition) is 2. The van der Waals surface area contributed by atoms with Crippen LogP contribution in [0, 0.1) is 6.92 Å². The summed E-state index contributed by atoms with van der Waals surface area (Å²) in [6.45, 7) is 4.59. The number of amides is 1. The Bertz CT molecular complexity index is 393. The van der Waals surface area contributed by atoms with Gasteiger partial charge in [0.2, 0.25) is 0 Å². The molecule has 0 aliphatic heterocycles. The van der Waals surface area contributed by atoms with Crippen molar-refractivity contribution in [1.29, 1.82) is 0 Å². The second kappa shape index (κ2) is 6.64. The molecule has 0 aromatic heterocycles. The predicted octanol–water partition coefficient (Wildman–Crippen LogP) is 2.99. The van der Waals surface area contributed by atoms with Gasteiger partial charge in [-0.05, 0) is 31.9 Å². The van der Waals surface area contributed by atoms with Gasteiger partial charge >= 0.3 is 0 Å². The van der Waals surface area contributed by atoms with Crippen molar-refractivity contribution in [1.82, 2.24) is 5.32 Å². The van der Waals surface area contributed by atoms with Gasteiger partial charge in [0.05, 0.1) is 5.56 Å². The molecule has 1 rings (SSSR count). The van der Waals surface area contributed by atoms with Crippen LogP contribution in [0.5, 0.6) is 5.75 Å². The maximum absolute atomic E-state index is 11.8. The number of benzene rings is 1. The Balaban J connectivity index is 2.55. The SMILES string of the molecule is CCC(Br)CCNC(=O)c1cc(C)ccc1O. The number of alkyl halides is 1. The molecule has 0 fully saturated rings. The van der Waals surface area contributed by atoms with Crippen LogP contribution in [0.1, 0.15) is 35.7 Å². The third-order valence-electron chi connectivity index (χ3n) is 2.58. The second-order valence-corrected chi connectivity index (χ2v) is 5.37. The maximum atomic E-state index is 11.8. The highest BCUT2D eigenvalue weighted by Gasteiger charge is 2.11. The van der Waals surface area contributed by atoms with Crippen molar-refractivity contribution < 1.29 is 9.90 Å². The van der Waals surface area contributed by atoms with Crippen LogP contribution in [0.4, 0.5) is 0 Å². The van der Waals surface area contributed by atoms with Gasteiger partial charge < -0.3 is 10.4 Å². The zero-order valence-corrected chi connectivity index (χ0v) is 11.8. The summed E-state index contributed by atoms with van der Waals surface area (Å²) in [5.41, 5.74) is 1.30. The minimum absolute atomic E-state index is 0.0268. The molecule has 0 aliphatic rings. The average molecular weight is 300 g/mol. The van der Waals surface area contributed by atoms with E-state index in [1.165, 1.54) is 0 Å². The van der Waals surface area contributed by atoms with E-state index in [1.807, 2.05) is 6.92 Å². The van der Waals surface area contributed by atoms with E-state index in [-0.39, 0.29) is 11.7 Å². The molecule has 0 bridgehead atoms. The van der Waals surface area contributed by atoms with E-state index in [0.29, 0.717) is 16.9 Å². The molecule has 2 N–H and O–H groups in total. The van der Waals surface area contributed by atoms with E-state index in [1.54, 1.807) is 18.2 Å². The molecule has 17 heavy (non-hydrogen) atoms. The van der Waals surface area contributed by atoms with Gasteiger partial charge in [0.25, 0.3) is 5.91 Å². The normalized spacial score (nSPS) is 12.2. The molecule has 1 unspecified atom stereocenters. The van der Waals surface area contributed by atoms with Crippen LogP contribution in [0.25, 0.3) is 0 Å². The molecule has 1 amide bonds. The number of carbonyl (C=O) groups is 1. The van der Waals surface area contributed by atoms with Crippen molar-refractivity contribution in [2.45, 2.75) is 31.5 Å². The van der Waals surface area contributed by atoms with Crippen LogP contribution in [0.15, 0.2) is 18.2 Å². The number of hydrogen-bond acceptors (Lipinski definition) is 2. The fourth-order valence-electron chi connectivity index (χ4n) is 1.47. The van der Waals surface area contributed by atoms with Gasteiger partial charge in [0.15, 0.2) is 0 Å². The average Bonchev–Trinajstić information content (AvgIpc) is 2.31. The molecule has 0 saturated carbocycles. The Morgan fingerprint density at radius 1 is 1.53 bits per heavy atom. The predicted molar refractivity (Wildman–Crippen MR) is 72.8 cm³/mol. The summed E-state index contributed by atoms with van der Waals surface area (Å²) >= 11 is 3.51. The number of halogens is 1. The molecule has 0 heterocycles. The molecule has 4 heteroatoms. The number of nitrogens with one attached hydrogen (secondary N) is 1. The Hall–Kier alpha value is -1.03. The highest BCUT2D eigenvalue weighted by atomic mass is 79.9. The van der Waals surface area contributed by atoms with Crippen molar-refractivity contribution in [2.24, 2.45) is 0 Å². The molecule has 94 valence electrons. The summed E-state index contributed by atoms with van der Waals surface area (Å²) in [5, 5.41) is 12.4. The summed E-state index contributed by atoms with van der Waals surface area (Å²) in [7, 11) is 0. The number of aromatic hydroxyl groups is 1. The minimum atomic E-state index is -0.220. The Morgan fingerprint density at radius 3 is 2.88 bits per heavy atom. The molecule has 1 atom stereocenters. The number of phenolic OH excluding ortho intramolecular Hbond substituents is 1. The largest absolute Gasteiger partial charge is 0.507 e. The molecular formula is C13H18BrNO2. The monoisotopic (exact) mass is 299 g/mol. The quantitative estimate of drug-likeness (QED) is 0.821. The molecule has 0 aliphatic carbocycles. The van der Waals surface area contributed by atoms with Crippen LogP contribution < -0.4 is 5.32 Å². The lowest BCUT2D eigenvalue weighted by atomic mass is 10.1. The summed E-state index contributed by atoms with van der Waals surface area (Å²) in [6, 6.07) is 5.01. The van der Waals surface area contributed by atoms with Crippen LogP contribution in [-0.2, 0) is 0 Å². The van der Waals surface area contributed by atoms with Crippen LogP contribution in [0.2, 0.25) is 0 Å². The van der Waals surface area contributed by atoms with Gasteiger partial charge in [0, 0.05) is 11.4 Å². The summed E-state index contributed by atoms with van der Waals surface area (Å²) in [5.74, 6) is -0.194. The van der Waals surface area contributed by atoms with Crippen molar-refractivity contribution in [3.05, 3.63) is 29.3 Å². The summed E-state index contributed by atoms with van der Waals surface area (Å²) in [4.78, 5) is 12.2. The zero-order valence-electron chi connectivity index (χ0n) is 10.2. The van der Waals surface area contributed by atoms with E-state index in [2.05, 4.69) is 28.2 Å². The summed E-state index contributed by atoms with van der Waals surface area (Å²) in [6.07, 6.45) is 1.92. The first kappa shape index (κ1) is 14.0. The van der Waals surface area contributed by atoms with E-state index in [9.17, 15) is 9.90 Å². The number of aryl methyl sites for hydroxylation is 1. The third-order valence-corrected chi connectivity index (χ3v) is 3.69. The van der Waals surface area contributed by atoms with Crippen LogP contribution in [-0.4, -0.2) is 22.4 Å². The molecule has 3 nitrogen and oxygen atoms in total. The van der Waals surface area contributed by atoms with E-state index >= 15 is 0 Å². The van der Waals surface area contributed by atoms with Crippen molar-refractivity contribution in [3.8, 4) is 5.75 Å². The van der Waals surface area contributed by atoms with Gasteiger partial charge in [0.1, 0.15) is 5.75 Å².